The number of carboxylic acid groups (broad SMARTS) is 1. The van der Waals surface area contributed by atoms with Gasteiger partial charge in [-0.15, -0.1) is 0 Å². The van der Waals surface area contributed by atoms with Gasteiger partial charge in [-0.1, -0.05) is 0 Å². The fraction of sp³-hybridized carbons (Fsp3) is 0.800. The summed E-state index contributed by atoms with van der Waals surface area (Å²) in [6.45, 7) is 3.58. The number of likely N-dealkylation sites (N-methyl/N-ethyl adjacent to an activating group) is 1. The molecular weight excluding hydrogens is 196 g/mol. The van der Waals surface area contributed by atoms with Gasteiger partial charge in [0.15, 0.2) is 0 Å². The zero-order valence-corrected chi connectivity index (χ0v) is 9.62. The van der Waals surface area contributed by atoms with Crippen LogP contribution in [0.4, 0.5) is 0 Å². The van der Waals surface area contributed by atoms with Gasteiger partial charge in [-0.25, -0.2) is 4.79 Å². The van der Waals surface area contributed by atoms with E-state index < -0.39 is 11.5 Å². The predicted molar refractivity (Wildman–Crippen MR) is 57.4 cm³/mol. The van der Waals surface area contributed by atoms with Gasteiger partial charge in [-0.05, 0) is 33.2 Å². The first-order valence-electron chi connectivity index (χ1n) is 5.04. The van der Waals surface area contributed by atoms with Gasteiger partial charge in [-0.3, -0.25) is 4.79 Å². The molecule has 0 bridgehead atoms. The summed E-state index contributed by atoms with van der Waals surface area (Å²) in [7, 11) is 1.51. The third-order valence-electron chi connectivity index (χ3n) is 2.58. The van der Waals surface area contributed by atoms with E-state index in [1.54, 1.807) is 0 Å². The van der Waals surface area contributed by atoms with Gasteiger partial charge in [0.1, 0.15) is 5.54 Å². The summed E-state index contributed by atoms with van der Waals surface area (Å²) in [4.78, 5) is 23.7. The second kappa shape index (κ2) is 5.70. The lowest BCUT2D eigenvalue weighted by molar-refractivity contribution is -0.155. The van der Waals surface area contributed by atoms with Gasteiger partial charge in [0, 0.05) is 13.5 Å². The van der Waals surface area contributed by atoms with Crippen molar-refractivity contribution in [2.45, 2.75) is 38.6 Å². The number of rotatable bonds is 6. The number of nitrogens with two attached hydrogens (primary N) is 1. The van der Waals surface area contributed by atoms with Crippen LogP contribution in [0.3, 0.4) is 0 Å². The zero-order chi connectivity index (χ0) is 12.1. The molecule has 0 rings (SSSR count). The van der Waals surface area contributed by atoms with Gasteiger partial charge in [-0.2, -0.15) is 0 Å². The summed E-state index contributed by atoms with van der Waals surface area (Å²) >= 11 is 0. The van der Waals surface area contributed by atoms with Gasteiger partial charge in [0.25, 0.3) is 0 Å². The molecule has 15 heavy (non-hydrogen) atoms. The molecule has 0 aromatic heterocycles. The minimum atomic E-state index is -1.15. The molecule has 0 aliphatic heterocycles. The van der Waals surface area contributed by atoms with Crippen molar-refractivity contribution in [3.05, 3.63) is 0 Å². The normalized spacial score (nSPS) is 11.2. The molecule has 0 saturated heterocycles. The van der Waals surface area contributed by atoms with Crippen LogP contribution < -0.4 is 5.73 Å². The zero-order valence-electron chi connectivity index (χ0n) is 9.62. The van der Waals surface area contributed by atoms with Crippen molar-refractivity contribution in [2.75, 3.05) is 13.6 Å². The molecule has 3 N–H and O–H groups in total. The van der Waals surface area contributed by atoms with Crippen molar-refractivity contribution in [1.82, 2.24) is 4.90 Å². The van der Waals surface area contributed by atoms with E-state index in [1.165, 1.54) is 25.8 Å². The largest absolute Gasteiger partial charge is 0.480 e. The standard InChI is InChI=1S/C10H20N2O3/c1-10(2,9(14)15)12(3)8(13)6-4-5-7-11/h4-7,11H2,1-3H3,(H,14,15). The maximum atomic E-state index is 11.6. The van der Waals surface area contributed by atoms with Crippen LogP contribution in [-0.2, 0) is 9.59 Å². The molecule has 0 radical (unpaired) electrons. The molecule has 0 atom stereocenters. The van der Waals surface area contributed by atoms with Crippen molar-refractivity contribution >= 4 is 11.9 Å². The molecule has 0 aromatic carbocycles. The van der Waals surface area contributed by atoms with Crippen molar-refractivity contribution in [2.24, 2.45) is 5.73 Å². The summed E-state index contributed by atoms with van der Waals surface area (Å²) in [5.41, 5.74) is 4.15. The number of hydrogen-bond acceptors (Lipinski definition) is 3. The van der Waals surface area contributed by atoms with Crippen LogP contribution in [-0.4, -0.2) is 41.0 Å². The summed E-state index contributed by atoms with van der Waals surface area (Å²) in [6, 6.07) is 0. The maximum absolute atomic E-state index is 11.6. The van der Waals surface area contributed by atoms with Gasteiger partial charge in [0.2, 0.25) is 5.91 Å². The topological polar surface area (TPSA) is 83.6 Å². The Kier molecular flexibility index (Phi) is 5.28. The van der Waals surface area contributed by atoms with Crippen LogP contribution in [0.1, 0.15) is 33.1 Å². The highest BCUT2D eigenvalue weighted by molar-refractivity contribution is 5.86. The number of carbonyl (C=O) groups excluding carboxylic acids is 1. The lowest BCUT2D eigenvalue weighted by Crippen LogP contribution is -2.50. The highest BCUT2D eigenvalue weighted by Crippen LogP contribution is 2.14. The van der Waals surface area contributed by atoms with Crippen LogP contribution in [0.25, 0.3) is 0 Å². The molecule has 5 nitrogen and oxygen atoms in total. The third kappa shape index (κ3) is 3.87. The first-order valence-corrected chi connectivity index (χ1v) is 5.04. The van der Waals surface area contributed by atoms with Crippen LogP contribution in [0.15, 0.2) is 0 Å². The van der Waals surface area contributed by atoms with E-state index in [-0.39, 0.29) is 5.91 Å². The molecule has 0 saturated carbocycles. The molecule has 88 valence electrons. The van der Waals surface area contributed by atoms with Crippen molar-refractivity contribution in [3.8, 4) is 0 Å². The minimum absolute atomic E-state index is 0.157. The maximum Gasteiger partial charge on any atom is 0.329 e. The van der Waals surface area contributed by atoms with E-state index in [4.69, 9.17) is 10.8 Å². The average Bonchev–Trinajstić information content (AvgIpc) is 2.16. The third-order valence-corrected chi connectivity index (χ3v) is 2.58. The van der Waals surface area contributed by atoms with E-state index >= 15 is 0 Å². The first-order chi connectivity index (χ1) is 6.84. The average molecular weight is 216 g/mol. The fourth-order valence-corrected chi connectivity index (χ4v) is 1.04. The summed E-state index contributed by atoms with van der Waals surface area (Å²) in [6.07, 6.45) is 1.84. The molecule has 5 heteroatoms. The Morgan fingerprint density at radius 1 is 1.33 bits per heavy atom. The Hall–Kier alpha value is -1.10. The van der Waals surface area contributed by atoms with E-state index in [9.17, 15) is 9.59 Å². The number of aliphatic carboxylic acids is 1. The van der Waals surface area contributed by atoms with Crippen LogP contribution >= 0.6 is 0 Å². The molecule has 1 amide bonds. The Morgan fingerprint density at radius 3 is 2.27 bits per heavy atom. The van der Waals surface area contributed by atoms with E-state index in [1.807, 2.05) is 0 Å². The Balaban J connectivity index is 4.25. The van der Waals surface area contributed by atoms with Crippen LogP contribution in [0.2, 0.25) is 0 Å². The van der Waals surface area contributed by atoms with Gasteiger partial charge >= 0.3 is 5.97 Å². The lowest BCUT2D eigenvalue weighted by atomic mass is 10.0. The summed E-state index contributed by atoms with van der Waals surface area (Å²) < 4.78 is 0. The number of amides is 1. The highest BCUT2D eigenvalue weighted by atomic mass is 16.4. The number of hydrogen-bond donors (Lipinski definition) is 2. The molecule has 0 aromatic rings. The van der Waals surface area contributed by atoms with E-state index in [0.717, 1.165) is 6.42 Å². The van der Waals surface area contributed by atoms with Crippen LogP contribution in [0.5, 0.6) is 0 Å². The number of carboxylic acids is 1. The van der Waals surface area contributed by atoms with Crippen molar-refractivity contribution in [1.29, 1.82) is 0 Å². The van der Waals surface area contributed by atoms with Crippen molar-refractivity contribution in [3.63, 3.8) is 0 Å². The number of carbonyl (C=O) groups is 2. The number of nitrogens with zero attached hydrogens (tertiary/aromatic N) is 1. The van der Waals surface area contributed by atoms with E-state index in [0.29, 0.717) is 19.4 Å². The van der Waals surface area contributed by atoms with Crippen molar-refractivity contribution < 1.29 is 14.7 Å². The lowest BCUT2D eigenvalue weighted by Gasteiger charge is -2.31. The van der Waals surface area contributed by atoms with Gasteiger partial charge in [0.05, 0.1) is 0 Å². The Bertz CT molecular complexity index is 239. The highest BCUT2D eigenvalue weighted by Gasteiger charge is 2.34. The monoisotopic (exact) mass is 216 g/mol. The van der Waals surface area contributed by atoms with E-state index in [2.05, 4.69) is 0 Å². The quantitative estimate of drug-likeness (QED) is 0.631. The summed E-state index contributed by atoms with van der Waals surface area (Å²) in [5.74, 6) is -1.16. The molecule has 0 unspecified atom stereocenters. The fourth-order valence-electron chi connectivity index (χ4n) is 1.04. The Morgan fingerprint density at radius 2 is 1.87 bits per heavy atom. The summed E-state index contributed by atoms with van der Waals surface area (Å²) in [5, 5.41) is 8.92. The number of unbranched alkanes of at least 4 members (excludes halogenated alkanes) is 1. The van der Waals surface area contributed by atoms with Gasteiger partial charge < -0.3 is 15.7 Å². The molecule has 0 heterocycles. The smallest absolute Gasteiger partial charge is 0.329 e. The predicted octanol–water partition coefficient (Wildman–Crippen LogP) is 0.437. The molecule has 0 fully saturated rings. The second-order valence-corrected chi connectivity index (χ2v) is 4.06. The second-order valence-electron chi connectivity index (χ2n) is 4.06. The SMILES string of the molecule is CN(C(=O)CCCCN)C(C)(C)C(=O)O. The Labute approximate surface area is 90.2 Å². The van der Waals surface area contributed by atoms with Crippen LogP contribution in [0, 0.1) is 0 Å². The first kappa shape index (κ1) is 13.9. The molecule has 0 aliphatic carbocycles. The molecular formula is C10H20N2O3. The molecule has 0 spiro atoms. The minimum Gasteiger partial charge on any atom is -0.480 e. The molecule has 0 aliphatic rings.